The number of rotatable bonds is 2. The second-order valence-corrected chi connectivity index (χ2v) is 8.01. The largest absolute Gasteiger partial charge is 0.294 e. The smallest absolute Gasteiger partial charge is 0.162 e. The molecule has 5 rings (SSSR count). The fourth-order valence-electron chi connectivity index (χ4n) is 5.30. The van der Waals surface area contributed by atoms with Gasteiger partial charge in [0.1, 0.15) is 0 Å². The zero-order chi connectivity index (χ0) is 16.3. The third-order valence-electron chi connectivity index (χ3n) is 6.64. The Morgan fingerprint density at radius 2 is 1.00 bits per heavy atom. The Kier molecular flexibility index (Phi) is 3.16. The molecule has 4 fully saturated rings. The molecule has 1 aromatic carbocycles. The molecule has 0 aliphatic heterocycles. The van der Waals surface area contributed by atoms with Crippen LogP contribution in [-0.4, -0.2) is 11.6 Å². The third kappa shape index (κ3) is 2.16. The molecule has 2 heteroatoms. The SMILES string of the molecule is O=C1/C(=C/c2ccc(/C=C3/C(=O)C4CCC3C4)cc2)C2CCC1C2. The van der Waals surface area contributed by atoms with E-state index >= 15 is 0 Å². The first-order chi connectivity index (χ1) is 11.7. The molecule has 4 unspecified atom stereocenters. The number of Topliss-reactive ketones (excluding diaryl/α,β-unsaturated/α-hetero) is 2. The molecule has 0 amide bonds. The molecule has 0 heterocycles. The summed E-state index contributed by atoms with van der Waals surface area (Å²) in [6, 6.07) is 8.32. The van der Waals surface area contributed by atoms with E-state index in [1.165, 1.54) is 12.8 Å². The van der Waals surface area contributed by atoms with E-state index in [1.54, 1.807) is 0 Å². The molecule has 0 aromatic heterocycles. The minimum absolute atomic E-state index is 0.300. The predicted molar refractivity (Wildman–Crippen MR) is 94.1 cm³/mol. The van der Waals surface area contributed by atoms with Gasteiger partial charge < -0.3 is 0 Å². The summed E-state index contributed by atoms with van der Waals surface area (Å²) in [6.07, 6.45) is 10.8. The van der Waals surface area contributed by atoms with Gasteiger partial charge in [-0.2, -0.15) is 0 Å². The highest BCUT2D eigenvalue weighted by Gasteiger charge is 2.43. The average Bonchev–Trinajstić information content (AvgIpc) is 3.34. The lowest BCUT2D eigenvalue weighted by molar-refractivity contribution is -0.119. The molecule has 0 N–H and O–H groups in total. The fraction of sp³-hybridized carbons (Fsp3) is 0.455. The Morgan fingerprint density at radius 1 is 0.625 bits per heavy atom. The molecule has 4 saturated carbocycles. The molecule has 122 valence electrons. The lowest BCUT2D eigenvalue weighted by Gasteiger charge is -2.13. The van der Waals surface area contributed by atoms with Crippen LogP contribution in [0.5, 0.6) is 0 Å². The Balaban J connectivity index is 1.39. The number of carbonyl (C=O) groups is 2. The lowest BCUT2D eigenvalue weighted by atomic mass is 9.91. The van der Waals surface area contributed by atoms with Crippen molar-refractivity contribution in [1.82, 2.24) is 0 Å². The van der Waals surface area contributed by atoms with Gasteiger partial charge in [0, 0.05) is 11.8 Å². The summed E-state index contributed by atoms with van der Waals surface area (Å²) in [4.78, 5) is 24.5. The van der Waals surface area contributed by atoms with Crippen molar-refractivity contribution in [2.24, 2.45) is 23.7 Å². The standard InChI is InChI=1S/C22H22O2/c23-21-17-7-5-15(11-17)19(21)9-13-1-2-14(4-3-13)10-20-16-6-8-18(12-16)22(20)24/h1-4,9-10,15-18H,5-8,11-12H2/b19-9+,20-10+. The number of allylic oxidation sites excluding steroid dienone is 2. The van der Waals surface area contributed by atoms with Gasteiger partial charge in [-0.25, -0.2) is 0 Å². The third-order valence-corrected chi connectivity index (χ3v) is 6.64. The van der Waals surface area contributed by atoms with Crippen molar-refractivity contribution in [2.45, 2.75) is 38.5 Å². The highest BCUT2D eigenvalue weighted by Crippen LogP contribution is 2.47. The topological polar surface area (TPSA) is 34.1 Å². The monoisotopic (exact) mass is 318 g/mol. The first-order valence-electron chi connectivity index (χ1n) is 9.31. The molecule has 0 spiro atoms. The zero-order valence-corrected chi connectivity index (χ0v) is 13.8. The van der Waals surface area contributed by atoms with Gasteiger partial charge in [-0.1, -0.05) is 24.3 Å². The van der Waals surface area contributed by atoms with Gasteiger partial charge in [0.25, 0.3) is 0 Å². The molecule has 2 nitrogen and oxygen atoms in total. The van der Waals surface area contributed by atoms with Crippen LogP contribution < -0.4 is 0 Å². The first kappa shape index (κ1) is 14.4. The van der Waals surface area contributed by atoms with Crippen LogP contribution in [0.2, 0.25) is 0 Å². The quantitative estimate of drug-likeness (QED) is 0.755. The van der Waals surface area contributed by atoms with E-state index in [2.05, 4.69) is 36.4 Å². The maximum atomic E-state index is 12.3. The summed E-state index contributed by atoms with van der Waals surface area (Å²) >= 11 is 0. The molecule has 0 radical (unpaired) electrons. The van der Waals surface area contributed by atoms with Crippen molar-refractivity contribution in [3.05, 3.63) is 46.5 Å². The summed E-state index contributed by atoms with van der Waals surface area (Å²) < 4.78 is 0. The van der Waals surface area contributed by atoms with Crippen LogP contribution in [0.3, 0.4) is 0 Å². The first-order valence-corrected chi connectivity index (χ1v) is 9.31. The number of carbonyl (C=O) groups excluding carboxylic acids is 2. The van der Waals surface area contributed by atoms with E-state index in [0.29, 0.717) is 35.2 Å². The normalized spacial score (nSPS) is 37.3. The van der Waals surface area contributed by atoms with Gasteiger partial charge in [0.15, 0.2) is 11.6 Å². The van der Waals surface area contributed by atoms with Gasteiger partial charge in [0.2, 0.25) is 0 Å². The number of benzene rings is 1. The summed E-state index contributed by atoms with van der Waals surface area (Å²) in [5, 5.41) is 0. The molecule has 4 atom stereocenters. The second-order valence-electron chi connectivity index (χ2n) is 8.01. The van der Waals surface area contributed by atoms with E-state index in [-0.39, 0.29) is 0 Å². The van der Waals surface area contributed by atoms with E-state index in [1.807, 2.05) is 0 Å². The van der Waals surface area contributed by atoms with Crippen LogP contribution >= 0.6 is 0 Å². The molecule has 4 aliphatic carbocycles. The average molecular weight is 318 g/mol. The van der Waals surface area contributed by atoms with Crippen molar-refractivity contribution in [2.75, 3.05) is 0 Å². The van der Waals surface area contributed by atoms with Crippen LogP contribution in [-0.2, 0) is 9.59 Å². The van der Waals surface area contributed by atoms with Gasteiger partial charge in [-0.15, -0.1) is 0 Å². The second kappa shape index (κ2) is 5.27. The summed E-state index contributed by atoms with van der Waals surface area (Å²) in [7, 11) is 0. The number of ketones is 2. The minimum Gasteiger partial charge on any atom is -0.294 e. The molecule has 0 saturated heterocycles. The van der Waals surface area contributed by atoms with Gasteiger partial charge in [-0.05, 0) is 84.8 Å². The van der Waals surface area contributed by atoms with E-state index in [9.17, 15) is 9.59 Å². The Morgan fingerprint density at radius 3 is 1.33 bits per heavy atom. The Bertz CT molecular complexity index is 714. The van der Waals surface area contributed by atoms with Crippen LogP contribution in [0, 0.1) is 23.7 Å². The highest BCUT2D eigenvalue weighted by molar-refractivity contribution is 6.05. The Labute approximate surface area is 142 Å². The summed E-state index contributed by atoms with van der Waals surface area (Å²) in [5.74, 6) is 2.35. The van der Waals surface area contributed by atoms with Crippen LogP contribution in [0.25, 0.3) is 12.2 Å². The van der Waals surface area contributed by atoms with Crippen LogP contribution in [0.1, 0.15) is 49.7 Å². The molecule has 4 aliphatic rings. The summed E-state index contributed by atoms with van der Waals surface area (Å²) in [6.45, 7) is 0. The molecule has 24 heavy (non-hydrogen) atoms. The maximum Gasteiger partial charge on any atom is 0.162 e. The fourth-order valence-corrected chi connectivity index (χ4v) is 5.30. The maximum absolute atomic E-state index is 12.3. The molecule has 4 bridgehead atoms. The van der Waals surface area contributed by atoms with Gasteiger partial charge in [0.05, 0.1) is 0 Å². The molecular weight excluding hydrogens is 296 g/mol. The molecule has 1 aromatic rings. The summed E-state index contributed by atoms with van der Waals surface area (Å²) in [5.41, 5.74) is 4.29. The Hall–Kier alpha value is -1.96. The van der Waals surface area contributed by atoms with E-state index < -0.39 is 0 Å². The molecular formula is C22H22O2. The van der Waals surface area contributed by atoms with Crippen LogP contribution in [0.4, 0.5) is 0 Å². The predicted octanol–water partition coefficient (Wildman–Crippen LogP) is 4.45. The number of hydrogen-bond donors (Lipinski definition) is 0. The van der Waals surface area contributed by atoms with Crippen molar-refractivity contribution in [1.29, 1.82) is 0 Å². The van der Waals surface area contributed by atoms with Crippen LogP contribution in [0.15, 0.2) is 35.4 Å². The van der Waals surface area contributed by atoms with Crippen molar-refractivity contribution >= 4 is 23.7 Å². The van der Waals surface area contributed by atoms with Crippen molar-refractivity contribution < 1.29 is 9.59 Å². The van der Waals surface area contributed by atoms with Gasteiger partial charge in [-0.3, -0.25) is 9.59 Å². The highest BCUT2D eigenvalue weighted by atomic mass is 16.1. The van der Waals surface area contributed by atoms with Gasteiger partial charge >= 0.3 is 0 Å². The van der Waals surface area contributed by atoms with Crippen molar-refractivity contribution in [3.63, 3.8) is 0 Å². The minimum atomic E-state index is 0.300. The number of fused-ring (bicyclic) bond motifs is 4. The number of hydrogen-bond acceptors (Lipinski definition) is 2. The van der Waals surface area contributed by atoms with E-state index in [0.717, 1.165) is 48.0 Å². The van der Waals surface area contributed by atoms with Crippen molar-refractivity contribution in [3.8, 4) is 0 Å². The zero-order valence-electron chi connectivity index (χ0n) is 13.8. The lowest BCUT2D eigenvalue weighted by Crippen LogP contribution is -2.12. The van der Waals surface area contributed by atoms with E-state index in [4.69, 9.17) is 0 Å².